The molecule has 1 N–H and O–H groups in total. The van der Waals surface area contributed by atoms with Gasteiger partial charge in [-0.3, -0.25) is 9.59 Å². The number of hydrogen-bond donors (Lipinski definition) is 1. The highest BCUT2D eigenvalue weighted by Crippen LogP contribution is 2.34. The Morgan fingerprint density at radius 2 is 1.78 bits per heavy atom. The minimum Gasteiger partial charge on any atom is -0.451 e. The van der Waals surface area contributed by atoms with Gasteiger partial charge < -0.3 is 9.73 Å². The van der Waals surface area contributed by atoms with Crippen LogP contribution in [0.1, 0.15) is 21.7 Å². The molecule has 0 aliphatic rings. The summed E-state index contributed by atoms with van der Waals surface area (Å²) < 4.78 is 43.9. The lowest BCUT2D eigenvalue weighted by molar-refractivity contribution is -0.137. The van der Waals surface area contributed by atoms with Gasteiger partial charge in [0.05, 0.1) is 21.7 Å². The second-order valence-electron chi connectivity index (χ2n) is 5.72. The summed E-state index contributed by atoms with van der Waals surface area (Å²) in [6.07, 6.45) is -4.60. The van der Waals surface area contributed by atoms with E-state index in [4.69, 9.17) is 27.6 Å². The lowest BCUT2D eigenvalue weighted by Gasteiger charge is -2.11. The molecule has 0 aliphatic heterocycles. The van der Waals surface area contributed by atoms with Crippen LogP contribution in [0.5, 0.6) is 0 Å². The first-order valence-corrected chi connectivity index (χ1v) is 8.24. The van der Waals surface area contributed by atoms with E-state index in [1.807, 2.05) is 0 Å². The van der Waals surface area contributed by atoms with Crippen molar-refractivity contribution in [3.63, 3.8) is 0 Å². The first-order chi connectivity index (χ1) is 12.6. The molecule has 1 heterocycles. The molecule has 3 rings (SSSR count). The summed E-state index contributed by atoms with van der Waals surface area (Å²) >= 11 is 11.8. The third-order valence-electron chi connectivity index (χ3n) is 3.77. The summed E-state index contributed by atoms with van der Waals surface area (Å²) in [5.74, 6) is -1.29. The van der Waals surface area contributed by atoms with Gasteiger partial charge in [0.25, 0.3) is 5.91 Å². The van der Waals surface area contributed by atoms with E-state index >= 15 is 0 Å². The molecule has 1 aromatic heterocycles. The first kappa shape index (κ1) is 19.3. The fraction of sp³-hybridized carbons (Fsp3) is 0.111. The molecule has 0 fully saturated rings. The molecule has 2 aromatic carbocycles. The Hall–Kier alpha value is -2.51. The van der Waals surface area contributed by atoms with Crippen molar-refractivity contribution in [1.29, 1.82) is 0 Å². The maximum absolute atomic E-state index is 12.8. The molecule has 0 unspecified atom stereocenters. The summed E-state index contributed by atoms with van der Waals surface area (Å²) in [7, 11) is 0. The fourth-order valence-corrected chi connectivity index (χ4v) is 2.70. The maximum atomic E-state index is 12.8. The van der Waals surface area contributed by atoms with Gasteiger partial charge in [0.15, 0.2) is 11.2 Å². The number of benzene rings is 2. The van der Waals surface area contributed by atoms with E-state index in [2.05, 4.69) is 5.32 Å². The van der Waals surface area contributed by atoms with Crippen molar-refractivity contribution < 1.29 is 22.4 Å². The normalized spacial score (nSPS) is 11.6. The number of hydrogen-bond acceptors (Lipinski definition) is 3. The van der Waals surface area contributed by atoms with Crippen molar-refractivity contribution in [2.75, 3.05) is 5.32 Å². The molecule has 9 heteroatoms. The second kappa shape index (κ2) is 6.90. The van der Waals surface area contributed by atoms with Gasteiger partial charge in [-0.2, -0.15) is 13.2 Å². The molecule has 1 amide bonds. The Bertz CT molecular complexity index is 1120. The molecule has 0 saturated carbocycles. The highest BCUT2D eigenvalue weighted by Gasteiger charge is 2.31. The Morgan fingerprint density at radius 1 is 1.07 bits per heavy atom. The molecule has 3 aromatic rings. The van der Waals surface area contributed by atoms with Crippen LogP contribution in [0.15, 0.2) is 45.6 Å². The van der Waals surface area contributed by atoms with E-state index in [9.17, 15) is 22.8 Å². The minimum absolute atomic E-state index is 0.0953. The molecule has 0 atom stereocenters. The number of anilines is 1. The standard InChI is InChI=1S/C18H10Cl2F3NO3/c1-8-4-15-10(6-12(8)20)14(25)7-16(27-15)17(26)24-13-5-9(18(21,22)23)2-3-11(13)19/h2-7H,1H3,(H,24,26). The molecule has 0 bridgehead atoms. The summed E-state index contributed by atoms with van der Waals surface area (Å²) in [6.45, 7) is 1.69. The van der Waals surface area contributed by atoms with Crippen LogP contribution in [-0.4, -0.2) is 5.91 Å². The number of halogens is 5. The third-order valence-corrected chi connectivity index (χ3v) is 4.51. The summed E-state index contributed by atoms with van der Waals surface area (Å²) in [4.78, 5) is 24.6. The van der Waals surface area contributed by atoms with Crippen molar-refractivity contribution >= 4 is 45.8 Å². The second-order valence-corrected chi connectivity index (χ2v) is 6.53. The Kier molecular flexibility index (Phi) is 4.92. The van der Waals surface area contributed by atoms with E-state index < -0.39 is 23.1 Å². The first-order valence-electron chi connectivity index (χ1n) is 7.48. The molecule has 4 nitrogen and oxygen atoms in total. The number of rotatable bonds is 2. The Labute approximate surface area is 160 Å². The van der Waals surface area contributed by atoms with Gasteiger partial charge in [-0.25, -0.2) is 0 Å². The fourth-order valence-electron chi connectivity index (χ4n) is 2.37. The van der Waals surface area contributed by atoms with E-state index in [0.29, 0.717) is 16.7 Å². The molecule has 0 aliphatic carbocycles. The Morgan fingerprint density at radius 3 is 2.44 bits per heavy atom. The molecule has 27 heavy (non-hydrogen) atoms. The summed E-state index contributed by atoms with van der Waals surface area (Å²) in [5, 5.41) is 2.68. The van der Waals surface area contributed by atoms with Crippen LogP contribution < -0.4 is 10.7 Å². The topological polar surface area (TPSA) is 59.3 Å². The SMILES string of the molecule is Cc1cc2oc(C(=O)Nc3cc(C(F)(F)F)ccc3Cl)cc(=O)c2cc1Cl. The van der Waals surface area contributed by atoms with Crippen LogP contribution in [0.2, 0.25) is 10.0 Å². The van der Waals surface area contributed by atoms with Gasteiger partial charge in [0.1, 0.15) is 5.58 Å². The summed E-state index contributed by atoms with van der Waals surface area (Å²) in [6, 6.07) is 6.35. The van der Waals surface area contributed by atoms with Gasteiger partial charge in [0.2, 0.25) is 0 Å². The lowest BCUT2D eigenvalue weighted by Crippen LogP contribution is -2.16. The predicted molar refractivity (Wildman–Crippen MR) is 96.6 cm³/mol. The van der Waals surface area contributed by atoms with E-state index in [0.717, 1.165) is 18.2 Å². The number of aryl methyl sites for hydroxylation is 1. The smallest absolute Gasteiger partial charge is 0.416 e. The third kappa shape index (κ3) is 3.94. The van der Waals surface area contributed by atoms with Gasteiger partial charge in [0, 0.05) is 11.1 Å². The number of alkyl halides is 3. The molecular weight excluding hydrogens is 406 g/mol. The van der Waals surface area contributed by atoms with Crippen LogP contribution >= 0.6 is 23.2 Å². The monoisotopic (exact) mass is 415 g/mol. The molecular formula is C18H10Cl2F3NO3. The van der Waals surface area contributed by atoms with Crippen LogP contribution in [0.4, 0.5) is 18.9 Å². The van der Waals surface area contributed by atoms with Crippen LogP contribution in [0.25, 0.3) is 11.0 Å². The maximum Gasteiger partial charge on any atom is 0.416 e. The summed E-state index contributed by atoms with van der Waals surface area (Å²) in [5.41, 5.74) is -0.993. The average molecular weight is 416 g/mol. The van der Waals surface area contributed by atoms with Crippen LogP contribution in [0, 0.1) is 6.92 Å². The number of nitrogens with one attached hydrogen (secondary N) is 1. The number of amides is 1. The van der Waals surface area contributed by atoms with E-state index in [1.54, 1.807) is 6.92 Å². The van der Waals surface area contributed by atoms with Gasteiger partial charge in [-0.05, 0) is 42.8 Å². The molecule has 0 saturated heterocycles. The lowest BCUT2D eigenvalue weighted by atomic mass is 10.1. The van der Waals surface area contributed by atoms with Gasteiger partial charge in [-0.1, -0.05) is 23.2 Å². The highest BCUT2D eigenvalue weighted by atomic mass is 35.5. The zero-order chi connectivity index (χ0) is 19.9. The zero-order valence-corrected chi connectivity index (χ0v) is 15.1. The number of carbonyl (C=O) groups excluding carboxylic acids is 1. The van der Waals surface area contributed by atoms with Crippen molar-refractivity contribution in [3.8, 4) is 0 Å². The van der Waals surface area contributed by atoms with Crippen molar-refractivity contribution in [3.05, 3.63) is 73.6 Å². The average Bonchev–Trinajstić information content (AvgIpc) is 2.57. The van der Waals surface area contributed by atoms with Crippen LogP contribution in [-0.2, 0) is 6.18 Å². The van der Waals surface area contributed by atoms with Gasteiger partial charge >= 0.3 is 6.18 Å². The molecule has 0 radical (unpaired) electrons. The van der Waals surface area contributed by atoms with E-state index in [1.165, 1.54) is 12.1 Å². The highest BCUT2D eigenvalue weighted by molar-refractivity contribution is 6.34. The van der Waals surface area contributed by atoms with Gasteiger partial charge in [-0.15, -0.1) is 0 Å². The Balaban J connectivity index is 2.00. The van der Waals surface area contributed by atoms with E-state index in [-0.39, 0.29) is 27.4 Å². The van der Waals surface area contributed by atoms with Crippen LogP contribution in [0.3, 0.4) is 0 Å². The largest absolute Gasteiger partial charge is 0.451 e. The predicted octanol–water partition coefficient (Wildman–Crippen LogP) is 5.68. The minimum atomic E-state index is -4.60. The zero-order valence-electron chi connectivity index (χ0n) is 13.6. The quantitative estimate of drug-likeness (QED) is 0.585. The van der Waals surface area contributed by atoms with Crippen molar-refractivity contribution in [1.82, 2.24) is 0 Å². The molecule has 0 spiro atoms. The van der Waals surface area contributed by atoms with Crippen molar-refractivity contribution in [2.45, 2.75) is 13.1 Å². The van der Waals surface area contributed by atoms with Crippen molar-refractivity contribution in [2.24, 2.45) is 0 Å². The number of carbonyl (C=O) groups is 1. The number of fused-ring (bicyclic) bond motifs is 1. The molecule has 140 valence electrons.